The molecule has 0 aliphatic rings. The first-order chi connectivity index (χ1) is 13.7. The average Bonchev–Trinajstić information content (AvgIpc) is 2.66. The third-order valence-electron chi connectivity index (χ3n) is 4.23. The van der Waals surface area contributed by atoms with E-state index in [1.807, 2.05) is 39.0 Å². The van der Waals surface area contributed by atoms with Gasteiger partial charge in [-0.1, -0.05) is 35.9 Å². The van der Waals surface area contributed by atoms with Gasteiger partial charge in [0.1, 0.15) is 0 Å². The Morgan fingerprint density at radius 2 is 1.45 bits per heavy atom. The highest BCUT2D eigenvalue weighted by atomic mass is 32.2. The van der Waals surface area contributed by atoms with Crippen molar-refractivity contribution in [2.45, 2.75) is 25.7 Å². The number of carbonyl (C=O) groups is 1. The minimum Gasteiger partial charge on any atom is -0.268 e. The van der Waals surface area contributed by atoms with E-state index in [0.717, 1.165) is 16.7 Å². The molecule has 0 bridgehead atoms. The van der Waals surface area contributed by atoms with Gasteiger partial charge in [0.15, 0.2) is 0 Å². The zero-order valence-electron chi connectivity index (χ0n) is 16.4. The van der Waals surface area contributed by atoms with Gasteiger partial charge in [-0.2, -0.15) is 5.11 Å². The highest BCUT2D eigenvalue weighted by molar-refractivity contribution is 7.90. The van der Waals surface area contributed by atoms with Crippen LogP contribution in [-0.2, 0) is 10.0 Å². The van der Waals surface area contributed by atoms with E-state index in [1.165, 1.54) is 12.1 Å². The second kappa shape index (κ2) is 8.36. The largest absolute Gasteiger partial charge is 0.268 e. The molecular weight excluding hydrogens is 386 g/mol. The van der Waals surface area contributed by atoms with E-state index in [2.05, 4.69) is 15.0 Å². The Morgan fingerprint density at radius 3 is 2.14 bits per heavy atom. The SMILES string of the molecule is Cc1ccc(S(=O)(=O)NC(=O)c2ccc(C)cc2N=Nc2cccc(C)c2)cc1. The van der Waals surface area contributed by atoms with Crippen molar-refractivity contribution in [2.24, 2.45) is 10.2 Å². The summed E-state index contributed by atoms with van der Waals surface area (Å²) in [7, 11) is -4.00. The predicted octanol–water partition coefficient (Wildman–Crippen LogP) is 5.15. The van der Waals surface area contributed by atoms with Crippen molar-refractivity contribution in [3.8, 4) is 0 Å². The summed E-state index contributed by atoms with van der Waals surface area (Å²) in [6, 6.07) is 18.7. The fraction of sp³-hybridized carbons (Fsp3) is 0.136. The molecule has 0 saturated carbocycles. The van der Waals surface area contributed by atoms with Crippen LogP contribution in [0, 0.1) is 20.8 Å². The second-order valence-electron chi connectivity index (χ2n) is 6.81. The van der Waals surface area contributed by atoms with Gasteiger partial charge in [-0.3, -0.25) is 4.79 Å². The molecule has 0 aliphatic carbocycles. The average molecular weight is 407 g/mol. The number of sulfonamides is 1. The maximum absolute atomic E-state index is 12.7. The lowest BCUT2D eigenvalue weighted by atomic mass is 10.1. The molecule has 7 heteroatoms. The number of nitrogens with one attached hydrogen (secondary N) is 1. The first-order valence-electron chi connectivity index (χ1n) is 8.97. The number of benzene rings is 3. The molecule has 148 valence electrons. The van der Waals surface area contributed by atoms with E-state index < -0.39 is 15.9 Å². The Kier molecular flexibility index (Phi) is 5.89. The Bertz CT molecular complexity index is 1180. The molecule has 0 aliphatic heterocycles. The molecule has 0 atom stereocenters. The van der Waals surface area contributed by atoms with E-state index in [9.17, 15) is 13.2 Å². The molecule has 3 aromatic carbocycles. The number of aryl methyl sites for hydroxylation is 3. The summed E-state index contributed by atoms with van der Waals surface area (Å²) in [5, 5.41) is 8.36. The summed E-state index contributed by atoms with van der Waals surface area (Å²) in [6.07, 6.45) is 0. The highest BCUT2D eigenvalue weighted by Crippen LogP contribution is 2.25. The van der Waals surface area contributed by atoms with Crippen LogP contribution in [0.25, 0.3) is 0 Å². The molecule has 0 radical (unpaired) electrons. The predicted molar refractivity (Wildman–Crippen MR) is 112 cm³/mol. The number of hydrogen-bond donors (Lipinski definition) is 1. The summed E-state index contributed by atoms with van der Waals surface area (Å²) < 4.78 is 27.2. The summed E-state index contributed by atoms with van der Waals surface area (Å²) >= 11 is 0. The van der Waals surface area contributed by atoms with Crippen LogP contribution >= 0.6 is 0 Å². The molecule has 1 amide bonds. The van der Waals surface area contributed by atoms with Crippen molar-refractivity contribution in [3.63, 3.8) is 0 Å². The lowest BCUT2D eigenvalue weighted by Crippen LogP contribution is -2.30. The van der Waals surface area contributed by atoms with Gasteiger partial charge in [-0.05, 0) is 68.3 Å². The number of azo groups is 1. The molecule has 3 rings (SSSR count). The van der Waals surface area contributed by atoms with Crippen LogP contribution in [0.5, 0.6) is 0 Å². The summed E-state index contributed by atoms with van der Waals surface area (Å²) in [6.45, 7) is 5.66. The van der Waals surface area contributed by atoms with Crippen molar-refractivity contribution in [3.05, 3.63) is 89.0 Å². The van der Waals surface area contributed by atoms with Crippen LogP contribution in [-0.4, -0.2) is 14.3 Å². The first kappa shape index (κ1) is 20.4. The van der Waals surface area contributed by atoms with Gasteiger partial charge in [0.05, 0.1) is 21.8 Å². The van der Waals surface area contributed by atoms with Gasteiger partial charge in [0, 0.05) is 0 Å². The van der Waals surface area contributed by atoms with E-state index in [4.69, 9.17) is 0 Å². The minimum atomic E-state index is -4.00. The zero-order valence-corrected chi connectivity index (χ0v) is 17.2. The first-order valence-corrected chi connectivity index (χ1v) is 10.5. The fourth-order valence-corrected chi connectivity index (χ4v) is 3.64. The molecule has 0 heterocycles. The summed E-state index contributed by atoms with van der Waals surface area (Å²) in [4.78, 5) is 12.7. The van der Waals surface area contributed by atoms with E-state index in [1.54, 1.807) is 36.4 Å². The van der Waals surface area contributed by atoms with Crippen molar-refractivity contribution >= 4 is 27.3 Å². The maximum Gasteiger partial charge on any atom is 0.267 e. The standard InChI is InChI=1S/C22H21N3O3S/c1-15-7-10-19(11-8-15)29(27,28)25-22(26)20-12-9-17(3)14-21(20)24-23-18-6-4-5-16(2)13-18/h4-14H,1-3H3,(H,25,26). The fourth-order valence-electron chi connectivity index (χ4n) is 2.67. The normalized spacial score (nSPS) is 11.6. The maximum atomic E-state index is 12.7. The molecule has 29 heavy (non-hydrogen) atoms. The smallest absolute Gasteiger partial charge is 0.267 e. The Balaban J connectivity index is 1.90. The molecule has 0 unspecified atom stereocenters. The third kappa shape index (κ3) is 5.14. The number of carbonyl (C=O) groups excluding carboxylic acids is 1. The molecule has 3 aromatic rings. The van der Waals surface area contributed by atoms with Crippen LogP contribution in [0.3, 0.4) is 0 Å². The van der Waals surface area contributed by atoms with Gasteiger partial charge >= 0.3 is 0 Å². The summed E-state index contributed by atoms with van der Waals surface area (Å²) in [5.41, 5.74) is 3.90. The third-order valence-corrected chi connectivity index (χ3v) is 5.58. The van der Waals surface area contributed by atoms with E-state index in [0.29, 0.717) is 11.4 Å². The number of nitrogens with zero attached hydrogens (tertiary/aromatic N) is 2. The molecule has 0 aromatic heterocycles. The minimum absolute atomic E-state index is 0.0199. The molecule has 1 N–H and O–H groups in total. The van der Waals surface area contributed by atoms with Crippen molar-refractivity contribution in [1.82, 2.24) is 4.72 Å². The lowest BCUT2D eigenvalue weighted by molar-refractivity contribution is 0.0982. The van der Waals surface area contributed by atoms with E-state index >= 15 is 0 Å². The van der Waals surface area contributed by atoms with Gasteiger partial charge < -0.3 is 0 Å². The van der Waals surface area contributed by atoms with Crippen molar-refractivity contribution < 1.29 is 13.2 Å². The van der Waals surface area contributed by atoms with Crippen LogP contribution in [0.2, 0.25) is 0 Å². The molecular formula is C22H21N3O3S. The highest BCUT2D eigenvalue weighted by Gasteiger charge is 2.20. The quantitative estimate of drug-likeness (QED) is 0.594. The number of rotatable bonds is 5. The summed E-state index contributed by atoms with van der Waals surface area (Å²) in [5.74, 6) is -0.760. The van der Waals surface area contributed by atoms with Crippen LogP contribution in [0.15, 0.2) is 81.9 Å². The zero-order chi connectivity index (χ0) is 21.0. The van der Waals surface area contributed by atoms with Gasteiger partial charge in [0.2, 0.25) is 0 Å². The van der Waals surface area contributed by atoms with E-state index in [-0.39, 0.29) is 10.5 Å². The molecule has 0 spiro atoms. The molecule has 6 nitrogen and oxygen atoms in total. The van der Waals surface area contributed by atoms with Crippen LogP contribution in [0.4, 0.5) is 11.4 Å². The van der Waals surface area contributed by atoms with Crippen molar-refractivity contribution in [2.75, 3.05) is 0 Å². The Morgan fingerprint density at radius 1 is 0.793 bits per heavy atom. The monoisotopic (exact) mass is 407 g/mol. The van der Waals surface area contributed by atoms with Crippen LogP contribution in [0.1, 0.15) is 27.0 Å². The Hall–Kier alpha value is -3.32. The topological polar surface area (TPSA) is 88.0 Å². The van der Waals surface area contributed by atoms with Crippen LogP contribution < -0.4 is 4.72 Å². The Labute approximate surface area is 170 Å². The second-order valence-corrected chi connectivity index (χ2v) is 8.49. The lowest BCUT2D eigenvalue weighted by Gasteiger charge is -2.09. The van der Waals surface area contributed by atoms with Gasteiger partial charge in [-0.25, -0.2) is 13.1 Å². The number of hydrogen-bond acceptors (Lipinski definition) is 5. The van der Waals surface area contributed by atoms with Gasteiger partial charge in [-0.15, -0.1) is 5.11 Å². The molecule has 0 saturated heterocycles. The number of amides is 1. The molecule has 0 fully saturated rings. The van der Waals surface area contributed by atoms with Crippen molar-refractivity contribution in [1.29, 1.82) is 0 Å². The van der Waals surface area contributed by atoms with Gasteiger partial charge in [0.25, 0.3) is 15.9 Å².